The summed E-state index contributed by atoms with van der Waals surface area (Å²) in [5, 5.41) is 23.7. The Bertz CT molecular complexity index is 278. The maximum atomic E-state index is 8.56. The SMILES string of the molecule is CC(CCCN)(CCNCCC#N)NCCC#N. The molecule has 1 unspecified atom stereocenters. The first-order chi connectivity index (χ1) is 8.68. The molecule has 0 aliphatic carbocycles. The minimum atomic E-state index is 0.0237. The molecule has 0 heterocycles. The molecule has 18 heavy (non-hydrogen) atoms. The fraction of sp³-hybridized carbons (Fsp3) is 0.846. The van der Waals surface area contributed by atoms with Crippen molar-refractivity contribution in [2.75, 3.05) is 26.2 Å². The summed E-state index contributed by atoms with van der Waals surface area (Å²) in [5.74, 6) is 0. The minimum absolute atomic E-state index is 0.0237. The van der Waals surface area contributed by atoms with Gasteiger partial charge in [-0.15, -0.1) is 0 Å². The fourth-order valence-corrected chi connectivity index (χ4v) is 1.85. The summed E-state index contributed by atoms with van der Waals surface area (Å²) in [7, 11) is 0. The van der Waals surface area contributed by atoms with Crippen molar-refractivity contribution in [2.45, 2.75) is 44.6 Å². The van der Waals surface area contributed by atoms with E-state index in [0.717, 1.165) is 38.9 Å². The van der Waals surface area contributed by atoms with Crippen molar-refractivity contribution in [1.82, 2.24) is 10.6 Å². The lowest BCUT2D eigenvalue weighted by atomic mass is 9.91. The third-order valence-electron chi connectivity index (χ3n) is 2.99. The third kappa shape index (κ3) is 8.95. The second-order valence-electron chi connectivity index (χ2n) is 4.70. The second-order valence-corrected chi connectivity index (χ2v) is 4.70. The number of hydrogen-bond acceptors (Lipinski definition) is 5. The van der Waals surface area contributed by atoms with Crippen molar-refractivity contribution >= 4 is 0 Å². The smallest absolute Gasteiger partial charge is 0.0635 e. The Balaban J connectivity index is 3.96. The van der Waals surface area contributed by atoms with Crippen LogP contribution in [0.2, 0.25) is 0 Å². The van der Waals surface area contributed by atoms with Gasteiger partial charge in [0.25, 0.3) is 0 Å². The largest absolute Gasteiger partial charge is 0.330 e. The highest BCUT2D eigenvalue weighted by atomic mass is 15.0. The minimum Gasteiger partial charge on any atom is -0.330 e. The highest BCUT2D eigenvalue weighted by Crippen LogP contribution is 2.16. The molecule has 0 aromatic carbocycles. The molecule has 0 radical (unpaired) electrons. The molecule has 5 nitrogen and oxygen atoms in total. The van der Waals surface area contributed by atoms with Gasteiger partial charge in [0.15, 0.2) is 0 Å². The van der Waals surface area contributed by atoms with Crippen molar-refractivity contribution in [3.05, 3.63) is 0 Å². The summed E-state index contributed by atoms with van der Waals surface area (Å²) in [6, 6.07) is 4.25. The van der Waals surface area contributed by atoms with Crippen LogP contribution in [0.25, 0.3) is 0 Å². The fourth-order valence-electron chi connectivity index (χ4n) is 1.85. The van der Waals surface area contributed by atoms with E-state index in [4.69, 9.17) is 16.3 Å². The van der Waals surface area contributed by atoms with Gasteiger partial charge in [0.1, 0.15) is 0 Å². The first-order valence-electron chi connectivity index (χ1n) is 6.58. The predicted octanol–water partition coefficient (Wildman–Crippen LogP) is 0.881. The van der Waals surface area contributed by atoms with Crippen LogP contribution < -0.4 is 16.4 Å². The highest BCUT2D eigenvalue weighted by molar-refractivity contribution is 4.86. The molecular formula is C13H25N5. The van der Waals surface area contributed by atoms with Gasteiger partial charge in [-0.05, 0) is 39.3 Å². The molecule has 0 aromatic heterocycles. The number of nitriles is 2. The number of nitrogens with zero attached hydrogens (tertiary/aromatic N) is 2. The molecule has 0 rings (SSSR count). The van der Waals surface area contributed by atoms with Gasteiger partial charge in [0.05, 0.1) is 12.1 Å². The average Bonchev–Trinajstić information content (AvgIpc) is 2.37. The van der Waals surface area contributed by atoms with Gasteiger partial charge in [-0.2, -0.15) is 10.5 Å². The maximum absolute atomic E-state index is 8.56. The van der Waals surface area contributed by atoms with Crippen molar-refractivity contribution in [1.29, 1.82) is 10.5 Å². The summed E-state index contributed by atoms with van der Waals surface area (Å²) >= 11 is 0. The molecule has 0 aliphatic heterocycles. The van der Waals surface area contributed by atoms with Crippen LogP contribution in [0, 0.1) is 22.7 Å². The van der Waals surface area contributed by atoms with E-state index in [9.17, 15) is 0 Å². The van der Waals surface area contributed by atoms with Crippen molar-refractivity contribution < 1.29 is 0 Å². The van der Waals surface area contributed by atoms with Crippen LogP contribution in [0.1, 0.15) is 39.0 Å². The van der Waals surface area contributed by atoms with E-state index in [-0.39, 0.29) is 5.54 Å². The normalized spacial score (nSPS) is 13.6. The van der Waals surface area contributed by atoms with Gasteiger partial charge < -0.3 is 16.4 Å². The molecule has 0 aliphatic rings. The molecule has 0 saturated heterocycles. The average molecular weight is 251 g/mol. The molecule has 5 heteroatoms. The number of nitrogens with two attached hydrogens (primary N) is 1. The lowest BCUT2D eigenvalue weighted by molar-refractivity contribution is 0.302. The van der Waals surface area contributed by atoms with Gasteiger partial charge >= 0.3 is 0 Å². The van der Waals surface area contributed by atoms with Crippen molar-refractivity contribution in [2.24, 2.45) is 5.73 Å². The molecule has 0 bridgehead atoms. The van der Waals surface area contributed by atoms with Gasteiger partial charge in [0.2, 0.25) is 0 Å². The first kappa shape index (κ1) is 16.9. The van der Waals surface area contributed by atoms with Crippen LogP contribution >= 0.6 is 0 Å². The standard InChI is InChI=1S/C13H25N5/c1-13(5-2-7-14,18-11-4-9-16)6-12-17-10-3-8-15/h17-18H,2-7,10-12,14H2,1H3. The quantitative estimate of drug-likeness (QED) is 0.474. The molecule has 0 aromatic rings. The first-order valence-corrected chi connectivity index (χ1v) is 6.58. The van der Waals surface area contributed by atoms with Crippen LogP contribution in [0.3, 0.4) is 0 Å². The third-order valence-corrected chi connectivity index (χ3v) is 2.99. The zero-order chi connectivity index (χ0) is 13.7. The molecule has 0 fully saturated rings. The summed E-state index contributed by atoms with van der Waals surface area (Å²) < 4.78 is 0. The van der Waals surface area contributed by atoms with E-state index in [1.54, 1.807) is 0 Å². The number of hydrogen-bond donors (Lipinski definition) is 3. The Morgan fingerprint density at radius 1 is 1.06 bits per heavy atom. The van der Waals surface area contributed by atoms with E-state index >= 15 is 0 Å². The van der Waals surface area contributed by atoms with Crippen LogP contribution in [0.5, 0.6) is 0 Å². The van der Waals surface area contributed by atoms with Gasteiger partial charge in [-0.25, -0.2) is 0 Å². The monoisotopic (exact) mass is 251 g/mol. The molecule has 0 spiro atoms. The summed E-state index contributed by atoms with van der Waals surface area (Å²) in [6.45, 7) is 5.20. The van der Waals surface area contributed by atoms with Crippen molar-refractivity contribution in [3.63, 3.8) is 0 Å². The molecule has 102 valence electrons. The topological polar surface area (TPSA) is 97.7 Å². The Labute approximate surface area is 110 Å². The Morgan fingerprint density at radius 3 is 2.33 bits per heavy atom. The second kappa shape index (κ2) is 11.0. The van der Waals surface area contributed by atoms with Crippen LogP contribution in [0.15, 0.2) is 0 Å². The summed E-state index contributed by atoms with van der Waals surface area (Å²) in [6.07, 6.45) is 4.04. The van der Waals surface area contributed by atoms with E-state index < -0.39 is 0 Å². The van der Waals surface area contributed by atoms with E-state index in [0.29, 0.717) is 19.4 Å². The van der Waals surface area contributed by atoms with E-state index in [2.05, 4.69) is 29.7 Å². The summed E-state index contributed by atoms with van der Waals surface area (Å²) in [5.41, 5.74) is 5.58. The zero-order valence-corrected chi connectivity index (χ0v) is 11.3. The molecule has 0 amide bonds. The van der Waals surface area contributed by atoms with Crippen LogP contribution in [-0.4, -0.2) is 31.7 Å². The molecule has 0 saturated carbocycles. The summed E-state index contributed by atoms with van der Waals surface area (Å²) in [4.78, 5) is 0. The van der Waals surface area contributed by atoms with Gasteiger partial charge in [-0.3, -0.25) is 0 Å². The Hall–Kier alpha value is -1.14. The van der Waals surface area contributed by atoms with Crippen LogP contribution in [0.4, 0.5) is 0 Å². The van der Waals surface area contributed by atoms with Gasteiger partial charge in [0, 0.05) is 31.5 Å². The predicted molar refractivity (Wildman–Crippen MR) is 72.6 cm³/mol. The van der Waals surface area contributed by atoms with Crippen LogP contribution in [-0.2, 0) is 0 Å². The van der Waals surface area contributed by atoms with E-state index in [1.165, 1.54) is 0 Å². The number of nitrogens with one attached hydrogen (secondary N) is 2. The Morgan fingerprint density at radius 2 is 1.72 bits per heavy atom. The lowest BCUT2D eigenvalue weighted by Gasteiger charge is -2.31. The highest BCUT2D eigenvalue weighted by Gasteiger charge is 2.21. The molecule has 4 N–H and O–H groups in total. The molecule has 1 atom stereocenters. The lowest BCUT2D eigenvalue weighted by Crippen LogP contribution is -2.45. The van der Waals surface area contributed by atoms with Gasteiger partial charge in [-0.1, -0.05) is 0 Å². The number of rotatable bonds is 11. The Kier molecular flexibility index (Phi) is 10.3. The van der Waals surface area contributed by atoms with E-state index in [1.807, 2.05) is 0 Å². The van der Waals surface area contributed by atoms with Crippen molar-refractivity contribution in [3.8, 4) is 12.1 Å². The molecular weight excluding hydrogens is 226 g/mol. The maximum Gasteiger partial charge on any atom is 0.0635 e. The zero-order valence-electron chi connectivity index (χ0n) is 11.3.